The van der Waals surface area contributed by atoms with E-state index in [1.54, 1.807) is 18.4 Å². The number of aromatic nitrogens is 2. The summed E-state index contributed by atoms with van der Waals surface area (Å²) in [5.74, 6) is 1.29. The lowest BCUT2D eigenvalue weighted by Crippen LogP contribution is -2.39. The van der Waals surface area contributed by atoms with Crippen LogP contribution in [0.5, 0.6) is 0 Å². The van der Waals surface area contributed by atoms with E-state index in [-0.39, 0.29) is 12.4 Å². The van der Waals surface area contributed by atoms with Crippen LogP contribution in [-0.4, -0.2) is 29.1 Å². The van der Waals surface area contributed by atoms with Gasteiger partial charge in [0.1, 0.15) is 5.82 Å². The van der Waals surface area contributed by atoms with Crippen LogP contribution in [0.15, 0.2) is 34.9 Å². The van der Waals surface area contributed by atoms with Gasteiger partial charge in [-0.05, 0) is 23.8 Å². The third-order valence-corrected chi connectivity index (χ3v) is 4.24. The van der Waals surface area contributed by atoms with E-state index in [0.717, 1.165) is 17.5 Å². The molecule has 0 spiro atoms. The lowest BCUT2D eigenvalue weighted by Gasteiger charge is -2.16. The molecule has 0 aliphatic carbocycles. The summed E-state index contributed by atoms with van der Waals surface area (Å²) in [5, 5.41) is 8.29. The summed E-state index contributed by atoms with van der Waals surface area (Å²) < 4.78 is 26.3. The van der Waals surface area contributed by atoms with Crippen molar-refractivity contribution in [3.05, 3.63) is 40.6 Å². The molecular weight excluding hydrogens is 320 g/mol. The Kier molecular flexibility index (Phi) is 6.52. The number of rotatable bonds is 7. The number of alkyl halides is 2. The Morgan fingerprint density at radius 2 is 2.26 bits per heavy atom. The molecule has 2 N–H and O–H groups in total. The van der Waals surface area contributed by atoms with Crippen LogP contribution in [0.1, 0.15) is 24.2 Å². The lowest BCUT2D eigenvalue weighted by atomic mass is 10.1. The van der Waals surface area contributed by atoms with Gasteiger partial charge in [-0.25, -0.2) is 4.98 Å². The van der Waals surface area contributed by atoms with Crippen LogP contribution in [0.3, 0.4) is 0 Å². The highest BCUT2D eigenvalue weighted by Crippen LogP contribution is 2.14. The number of nitrogens with zero attached hydrogens (tertiary/aromatic N) is 3. The fourth-order valence-corrected chi connectivity index (χ4v) is 3.03. The summed E-state index contributed by atoms with van der Waals surface area (Å²) in [6, 6.07) is 4.17. The average Bonchev–Trinajstić information content (AvgIpc) is 3.18. The zero-order valence-electron chi connectivity index (χ0n) is 13.2. The van der Waals surface area contributed by atoms with E-state index in [2.05, 4.69) is 39.0 Å². The zero-order chi connectivity index (χ0) is 16.7. The predicted molar refractivity (Wildman–Crippen MR) is 88.9 cm³/mol. The van der Waals surface area contributed by atoms with Gasteiger partial charge in [0.2, 0.25) is 0 Å². The van der Waals surface area contributed by atoms with Crippen LogP contribution in [0.2, 0.25) is 0 Å². The number of hydrogen-bond acceptors (Lipinski definition) is 3. The first-order chi connectivity index (χ1) is 11.1. The molecule has 0 radical (unpaired) electrons. The Labute approximate surface area is 138 Å². The van der Waals surface area contributed by atoms with E-state index in [1.165, 1.54) is 17.3 Å². The molecule has 23 heavy (non-hydrogen) atoms. The van der Waals surface area contributed by atoms with E-state index in [4.69, 9.17) is 0 Å². The third-order valence-electron chi connectivity index (χ3n) is 3.34. The minimum absolute atomic E-state index is 0.191. The summed E-state index contributed by atoms with van der Waals surface area (Å²) in [7, 11) is 1.65. The van der Waals surface area contributed by atoms with Crippen molar-refractivity contribution in [2.24, 2.45) is 10.9 Å². The molecule has 2 aromatic heterocycles. The topological polar surface area (TPSA) is 54.2 Å². The number of guanidine groups is 1. The Morgan fingerprint density at radius 3 is 2.91 bits per heavy atom. The maximum atomic E-state index is 12.8. The molecule has 126 valence electrons. The molecule has 2 heterocycles. The Hall–Kier alpha value is -1.96. The summed E-state index contributed by atoms with van der Waals surface area (Å²) in [5.41, 5.74) is 0. The van der Waals surface area contributed by atoms with Crippen molar-refractivity contribution in [1.82, 2.24) is 20.2 Å². The molecule has 2 rings (SSSR count). The Bertz CT molecular complexity index is 609. The van der Waals surface area contributed by atoms with Gasteiger partial charge in [0, 0.05) is 30.9 Å². The lowest BCUT2D eigenvalue weighted by molar-refractivity contribution is 0.0668. The van der Waals surface area contributed by atoms with Crippen LogP contribution in [0.25, 0.3) is 0 Å². The molecule has 8 heteroatoms. The van der Waals surface area contributed by atoms with Crippen molar-refractivity contribution in [3.8, 4) is 0 Å². The third kappa shape index (κ3) is 5.31. The van der Waals surface area contributed by atoms with Crippen molar-refractivity contribution >= 4 is 17.3 Å². The van der Waals surface area contributed by atoms with Gasteiger partial charge in [0.05, 0.1) is 6.54 Å². The van der Waals surface area contributed by atoms with E-state index in [1.807, 2.05) is 6.07 Å². The van der Waals surface area contributed by atoms with Gasteiger partial charge in [0.25, 0.3) is 0 Å². The molecule has 0 saturated heterocycles. The van der Waals surface area contributed by atoms with E-state index >= 15 is 0 Å². The molecule has 0 amide bonds. The molecule has 0 aliphatic rings. The van der Waals surface area contributed by atoms with Crippen molar-refractivity contribution in [1.29, 1.82) is 0 Å². The number of hydrogen-bond donors (Lipinski definition) is 2. The Morgan fingerprint density at radius 1 is 1.43 bits per heavy atom. The molecule has 0 saturated carbocycles. The first kappa shape index (κ1) is 17.4. The first-order valence-electron chi connectivity index (χ1n) is 7.37. The Balaban J connectivity index is 1.78. The first-order valence-corrected chi connectivity index (χ1v) is 8.25. The van der Waals surface area contributed by atoms with Gasteiger partial charge in [-0.2, -0.15) is 8.78 Å². The second kappa shape index (κ2) is 8.61. The molecule has 1 atom stereocenters. The highest BCUT2D eigenvalue weighted by molar-refractivity contribution is 7.09. The second-order valence-electron chi connectivity index (χ2n) is 5.22. The van der Waals surface area contributed by atoms with Gasteiger partial charge in [-0.3, -0.25) is 9.56 Å². The van der Waals surface area contributed by atoms with Gasteiger partial charge < -0.3 is 10.6 Å². The molecule has 0 aliphatic heterocycles. The van der Waals surface area contributed by atoms with Crippen LogP contribution >= 0.6 is 11.3 Å². The highest BCUT2D eigenvalue weighted by atomic mass is 32.1. The van der Waals surface area contributed by atoms with Gasteiger partial charge in [-0.1, -0.05) is 13.0 Å². The summed E-state index contributed by atoms with van der Waals surface area (Å²) in [6.45, 7) is 0.510. The van der Waals surface area contributed by atoms with Crippen molar-refractivity contribution in [2.45, 2.75) is 26.4 Å². The molecule has 1 unspecified atom stereocenters. The molecule has 0 fully saturated rings. The van der Waals surface area contributed by atoms with Crippen LogP contribution in [-0.2, 0) is 13.0 Å². The standard InChI is InChI=1S/C15H21F2N5S/c1-11(8-12-4-3-7-23-12)9-20-15(18-2)21-10-13-19-5-6-22(13)14(16)17/h3-7,11,14H,8-10H2,1-2H3,(H2,18,20,21). The monoisotopic (exact) mass is 341 g/mol. The van der Waals surface area contributed by atoms with E-state index in [9.17, 15) is 8.78 Å². The number of halogens is 2. The fourth-order valence-electron chi connectivity index (χ4n) is 2.16. The second-order valence-corrected chi connectivity index (χ2v) is 6.26. The fraction of sp³-hybridized carbons (Fsp3) is 0.467. The number of imidazole rings is 1. The van der Waals surface area contributed by atoms with Gasteiger partial charge >= 0.3 is 6.55 Å². The summed E-state index contributed by atoms with van der Waals surface area (Å²) >= 11 is 1.75. The zero-order valence-corrected chi connectivity index (χ0v) is 14.0. The number of nitrogens with one attached hydrogen (secondary N) is 2. The SMILES string of the molecule is CN=C(NCc1nccn1C(F)F)NCC(C)Cc1cccs1. The van der Waals surface area contributed by atoms with E-state index in [0.29, 0.717) is 11.9 Å². The van der Waals surface area contributed by atoms with Crippen LogP contribution in [0, 0.1) is 5.92 Å². The maximum Gasteiger partial charge on any atom is 0.319 e. The maximum absolute atomic E-state index is 12.8. The minimum atomic E-state index is -2.59. The summed E-state index contributed by atoms with van der Waals surface area (Å²) in [6.07, 6.45) is 3.63. The molecule has 0 aromatic carbocycles. The van der Waals surface area contributed by atoms with Crippen molar-refractivity contribution in [3.63, 3.8) is 0 Å². The molecule has 0 bridgehead atoms. The smallest absolute Gasteiger partial charge is 0.319 e. The van der Waals surface area contributed by atoms with E-state index < -0.39 is 6.55 Å². The molecule has 5 nitrogen and oxygen atoms in total. The number of aliphatic imine (C=N–C) groups is 1. The highest BCUT2D eigenvalue weighted by Gasteiger charge is 2.12. The minimum Gasteiger partial charge on any atom is -0.356 e. The molecular formula is C15H21F2N5S. The van der Waals surface area contributed by atoms with Crippen LogP contribution in [0.4, 0.5) is 8.78 Å². The predicted octanol–water partition coefficient (Wildman–Crippen LogP) is 2.88. The van der Waals surface area contributed by atoms with Crippen LogP contribution < -0.4 is 10.6 Å². The van der Waals surface area contributed by atoms with Crippen molar-refractivity contribution < 1.29 is 8.78 Å². The largest absolute Gasteiger partial charge is 0.356 e. The quantitative estimate of drug-likeness (QED) is 0.601. The normalized spacial score (nSPS) is 13.3. The average molecular weight is 341 g/mol. The van der Waals surface area contributed by atoms with Gasteiger partial charge in [0.15, 0.2) is 5.96 Å². The van der Waals surface area contributed by atoms with Gasteiger partial charge in [-0.15, -0.1) is 11.3 Å². The van der Waals surface area contributed by atoms with Crippen molar-refractivity contribution in [2.75, 3.05) is 13.6 Å². The summed E-state index contributed by atoms with van der Waals surface area (Å²) in [4.78, 5) is 9.38. The number of thiophene rings is 1. The molecule has 2 aromatic rings.